The molecule has 0 bridgehead atoms. The van der Waals surface area contributed by atoms with Crippen molar-refractivity contribution in [2.75, 3.05) is 13.1 Å². The first-order valence-corrected chi connectivity index (χ1v) is 22.0. The Bertz CT molecular complexity index is 1500. The molecular weight excluding hydrogens is 621 g/mol. The average Bonchev–Trinajstić information content (AvgIpc) is 3.02. The average molecular weight is 669 g/mol. The van der Waals surface area contributed by atoms with E-state index in [0.717, 1.165) is 35.1 Å². The predicted molar refractivity (Wildman–Crippen MR) is 194 cm³/mol. The minimum absolute atomic E-state index is 0.0349. The Balaban J connectivity index is 1.35. The first kappa shape index (κ1) is 35.7. The van der Waals surface area contributed by atoms with E-state index >= 15 is 0 Å². The zero-order valence-corrected chi connectivity index (χ0v) is 30.5. The minimum atomic E-state index is -2.26. The van der Waals surface area contributed by atoms with Crippen LogP contribution in [0.2, 0.25) is 26.2 Å². The van der Waals surface area contributed by atoms with Gasteiger partial charge in [-0.2, -0.15) is 0 Å². The maximum atomic E-state index is 12.4. The van der Waals surface area contributed by atoms with Gasteiger partial charge in [-0.1, -0.05) is 72.8 Å². The topological polar surface area (TPSA) is 90.3 Å². The van der Waals surface area contributed by atoms with Gasteiger partial charge in [-0.15, -0.1) is 0 Å². The summed E-state index contributed by atoms with van der Waals surface area (Å²) < 4.78 is 7.02. The second kappa shape index (κ2) is 15.6. The van der Waals surface area contributed by atoms with E-state index in [1.54, 1.807) is 38.1 Å². The summed E-state index contributed by atoms with van der Waals surface area (Å²) in [6.07, 6.45) is 1.45. The molecule has 0 aliphatic rings. The number of amides is 2. The third-order valence-electron chi connectivity index (χ3n) is 8.66. The second-order valence-electron chi connectivity index (χ2n) is 13.2. The van der Waals surface area contributed by atoms with Crippen molar-refractivity contribution >= 4 is 38.8 Å². The lowest BCUT2D eigenvalue weighted by molar-refractivity contribution is -0.130. The van der Waals surface area contributed by atoms with Crippen LogP contribution in [0.5, 0.6) is 11.5 Å². The molecule has 4 aromatic rings. The zero-order valence-electron chi connectivity index (χ0n) is 28.5. The molecule has 0 radical (unpaired) electrons. The highest BCUT2D eigenvalue weighted by atomic mass is 28.4. The van der Waals surface area contributed by atoms with Gasteiger partial charge in [0, 0.05) is 40.0 Å². The van der Waals surface area contributed by atoms with E-state index in [1.165, 1.54) is 10.4 Å². The van der Waals surface area contributed by atoms with E-state index in [4.69, 9.17) is 4.12 Å². The third kappa shape index (κ3) is 10.4. The Kier molecular flexibility index (Phi) is 11.8. The van der Waals surface area contributed by atoms with Crippen LogP contribution in [-0.2, 0) is 39.6 Å². The number of carbonyl (C=O) groups excluding carboxylic acids is 2. The molecule has 7 nitrogen and oxygen atoms in total. The van der Waals surface area contributed by atoms with Crippen molar-refractivity contribution in [2.45, 2.75) is 66.0 Å². The summed E-state index contributed by atoms with van der Waals surface area (Å²) in [5.74, 6) is 0.550. The summed E-state index contributed by atoms with van der Waals surface area (Å²) in [5, 5.41) is 21.5. The van der Waals surface area contributed by atoms with Crippen LogP contribution in [-0.4, -0.2) is 61.6 Å². The SMILES string of the molecule is CC(=O)N(CCc1ccc(O)cc1)Cc1ccc([Si](C)(C)O[Si](C)(C)c2ccc(CN(CCc3ccc(O)cc3)C(C)=O)cc2)cc1. The van der Waals surface area contributed by atoms with Crippen LogP contribution >= 0.6 is 0 Å². The lowest BCUT2D eigenvalue weighted by atomic mass is 10.1. The van der Waals surface area contributed by atoms with Crippen molar-refractivity contribution in [2.24, 2.45) is 0 Å². The van der Waals surface area contributed by atoms with E-state index in [9.17, 15) is 19.8 Å². The number of phenolic OH excluding ortho intramolecular Hbond substituents is 2. The Hall–Kier alpha value is -4.19. The predicted octanol–water partition coefficient (Wildman–Crippen LogP) is 5.82. The number of benzene rings is 4. The number of hydrogen-bond acceptors (Lipinski definition) is 5. The van der Waals surface area contributed by atoms with Gasteiger partial charge >= 0.3 is 0 Å². The van der Waals surface area contributed by atoms with Crippen molar-refractivity contribution in [1.82, 2.24) is 9.80 Å². The zero-order chi connectivity index (χ0) is 34.2. The Morgan fingerprint density at radius 3 is 1.13 bits per heavy atom. The third-order valence-corrected chi connectivity index (χ3v) is 16.2. The first-order valence-electron chi connectivity index (χ1n) is 16.2. The smallest absolute Gasteiger partial charge is 0.219 e. The fourth-order valence-corrected chi connectivity index (χ4v) is 13.8. The highest BCUT2D eigenvalue weighted by Crippen LogP contribution is 2.18. The largest absolute Gasteiger partial charge is 0.508 e. The molecule has 0 saturated carbocycles. The molecule has 0 fully saturated rings. The van der Waals surface area contributed by atoms with Gasteiger partial charge in [-0.25, -0.2) is 0 Å². The van der Waals surface area contributed by atoms with Gasteiger partial charge in [0.1, 0.15) is 11.5 Å². The van der Waals surface area contributed by atoms with Crippen molar-refractivity contribution in [3.05, 3.63) is 119 Å². The van der Waals surface area contributed by atoms with Crippen LogP contribution in [0.1, 0.15) is 36.1 Å². The molecule has 0 aliphatic carbocycles. The molecule has 0 spiro atoms. The van der Waals surface area contributed by atoms with Crippen molar-refractivity contribution < 1.29 is 23.9 Å². The maximum absolute atomic E-state index is 12.4. The number of carbonyl (C=O) groups is 2. The van der Waals surface area contributed by atoms with Crippen LogP contribution in [0.25, 0.3) is 0 Å². The molecular formula is C38H48N2O5Si2. The van der Waals surface area contributed by atoms with E-state index in [0.29, 0.717) is 26.2 Å². The molecule has 0 aromatic heterocycles. The second-order valence-corrected chi connectivity index (χ2v) is 21.2. The van der Waals surface area contributed by atoms with Crippen molar-refractivity contribution in [3.63, 3.8) is 0 Å². The van der Waals surface area contributed by atoms with Crippen LogP contribution in [0.15, 0.2) is 97.1 Å². The van der Waals surface area contributed by atoms with Crippen LogP contribution < -0.4 is 10.4 Å². The minimum Gasteiger partial charge on any atom is -0.508 e. The molecule has 0 unspecified atom stereocenters. The molecule has 9 heteroatoms. The van der Waals surface area contributed by atoms with Gasteiger partial charge in [0.15, 0.2) is 0 Å². The monoisotopic (exact) mass is 668 g/mol. The van der Waals surface area contributed by atoms with E-state index in [2.05, 4.69) is 74.7 Å². The molecule has 47 heavy (non-hydrogen) atoms. The van der Waals surface area contributed by atoms with Crippen LogP contribution in [0.3, 0.4) is 0 Å². The fraction of sp³-hybridized carbons (Fsp3) is 0.316. The lowest BCUT2D eigenvalue weighted by Crippen LogP contribution is -2.57. The quantitative estimate of drug-likeness (QED) is 0.165. The van der Waals surface area contributed by atoms with Gasteiger partial charge in [0.05, 0.1) is 0 Å². The summed E-state index contributed by atoms with van der Waals surface area (Å²) in [4.78, 5) is 28.5. The number of phenols is 2. The number of hydrogen-bond donors (Lipinski definition) is 2. The van der Waals surface area contributed by atoms with Gasteiger partial charge in [0.25, 0.3) is 0 Å². The Morgan fingerprint density at radius 1 is 0.532 bits per heavy atom. The van der Waals surface area contributed by atoms with Crippen LogP contribution in [0, 0.1) is 0 Å². The summed E-state index contributed by atoms with van der Waals surface area (Å²) in [5.41, 5.74) is 4.31. The molecule has 4 aromatic carbocycles. The van der Waals surface area contributed by atoms with Crippen LogP contribution in [0.4, 0.5) is 0 Å². The standard InChI is InChI=1S/C38H48N2O5Si2/c1-29(41)39(25-23-31-7-15-35(43)16-8-31)27-33-11-19-37(20-12-33)46(3,4)45-47(5,6)38-21-13-34(14-22-38)28-40(30(2)42)26-24-32-9-17-36(44)18-10-32/h7-22,43-44H,23-28H2,1-6H3. The normalized spacial score (nSPS) is 11.7. The summed E-state index contributed by atoms with van der Waals surface area (Å²) in [6.45, 7) is 14.5. The summed E-state index contributed by atoms with van der Waals surface area (Å²) >= 11 is 0. The Morgan fingerprint density at radius 2 is 0.830 bits per heavy atom. The van der Waals surface area contributed by atoms with Crippen molar-refractivity contribution in [3.8, 4) is 11.5 Å². The molecule has 0 saturated heterocycles. The molecule has 0 atom stereocenters. The van der Waals surface area contributed by atoms with Gasteiger partial charge in [-0.05, 0) is 95.9 Å². The number of aromatic hydroxyl groups is 2. The molecule has 2 amide bonds. The fourth-order valence-electron chi connectivity index (χ4n) is 5.77. The summed E-state index contributed by atoms with van der Waals surface area (Å²) in [6, 6.07) is 31.3. The van der Waals surface area contributed by atoms with E-state index in [-0.39, 0.29) is 23.3 Å². The first-order chi connectivity index (χ1) is 22.2. The molecule has 0 aliphatic heterocycles. The summed E-state index contributed by atoms with van der Waals surface area (Å²) in [7, 11) is -4.51. The van der Waals surface area contributed by atoms with Crippen molar-refractivity contribution in [1.29, 1.82) is 0 Å². The Labute approximate surface area is 281 Å². The number of nitrogens with zero attached hydrogens (tertiary/aromatic N) is 2. The highest BCUT2D eigenvalue weighted by Gasteiger charge is 2.36. The highest BCUT2D eigenvalue weighted by molar-refractivity contribution is 6.96. The molecule has 4 rings (SSSR count). The van der Waals surface area contributed by atoms with E-state index in [1.807, 2.05) is 34.1 Å². The van der Waals surface area contributed by atoms with Gasteiger partial charge in [0.2, 0.25) is 28.4 Å². The van der Waals surface area contributed by atoms with Gasteiger partial charge in [-0.3, -0.25) is 9.59 Å². The number of rotatable bonds is 14. The van der Waals surface area contributed by atoms with Gasteiger partial charge < -0.3 is 24.1 Å². The molecule has 2 N–H and O–H groups in total. The molecule has 0 heterocycles. The maximum Gasteiger partial charge on any atom is 0.219 e. The lowest BCUT2D eigenvalue weighted by Gasteiger charge is -2.35. The molecule has 248 valence electrons. The van der Waals surface area contributed by atoms with E-state index < -0.39 is 16.6 Å².